The molecule has 1 aliphatic carbocycles. The van der Waals surface area contributed by atoms with Crippen LogP contribution in [-0.4, -0.2) is 32.7 Å². The zero-order valence-corrected chi connectivity index (χ0v) is 16.1. The molecular formula is C20H25N3O5. The number of nitrogens with one attached hydrogen (secondary N) is 1. The molecule has 0 bridgehead atoms. The Hall–Kier alpha value is -2.90. The average Bonchev–Trinajstić information content (AvgIpc) is 3.12. The van der Waals surface area contributed by atoms with E-state index in [0.717, 1.165) is 19.3 Å². The summed E-state index contributed by atoms with van der Waals surface area (Å²) in [6.45, 7) is 3.91. The van der Waals surface area contributed by atoms with E-state index in [0.29, 0.717) is 41.8 Å². The first-order chi connectivity index (χ1) is 13.4. The van der Waals surface area contributed by atoms with E-state index < -0.39 is 17.4 Å². The van der Waals surface area contributed by atoms with Crippen molar-refractivity contribution in [3.63, 3.8) is 0 Å². The Morgan fingerprint density at radius 1 is 1.36 bits per heavy atom. The first-order valence-corrected chi connectivity index (χ1v) is 9.50. The van der Waals surface area contributed by atoms with Crippen LogP contribution in [0, 0.1) is 12.8 Å². The number of nitrogens with zero attached hydrogens (tertiary/aromatic N) is 2. The third-order valence-corrected chi connectivity index (χ3v) is 5.33. The van der Waals surface area contributed by atoms with Crippen LogP contribution in [0.5, 0.6) is 5.75 Å². The van der Waals surface area contributed by atoms with Gasteiger partial charge in [0.2, 0.25) is 11.7 Å². The summed E-state index contributed by atoms with van der Waals surface area (Å²) in [5.41, 5.74) is -0.859. The van der Waals surface area contributed by atoms with Crippen LogP contribution in [-0.2, 0) is 11.4 Å². The summed E-state index contributed by atoms with van der Waals surface area (Å²) in [7, 11) is 0. The molecule has 1 aromatic carbocycles. The number of aliphatic carboxylic acids is 1. The van der Waals surface area contributed by atoms with Crippen LogP contribution < -0.4 is 10.1 Å². The molecule has 1 fully saturated rings. The predicted octanol–water partition coefficient (Wildman–Crippen LogP) is 3.11. The third kappa shape index (κ3) is 4.49. The summed E-state index contributed by atoms with van der Waals surface area (Å²) >= 11 is 0. The molecule has 2 aromatic rings. The van der Waals surface area contributed by atoms with Gasteiger partial charge in [0, 0.05) is 12.5 Å². The number of hydrogen-bond donors (Lipinski definition) is 2. The fourth-order valence-corrected chi connectivity index (χ4v) is 3.54. The number of benzene rings is 1. The number of amides is 1. The lowest BCUT2D eigenvalue weighted by Gasteiger charge is -2.37. The van der Waals surface area contributed by atoms with Gasteiger partial charge in [-0.1, -0.05) is 24.6 Å². The first kappa shape index (κ1) is 19.9. The molecule has 28 heavy (non-hydrogen) atoms. The lowest BCUT2D eigenvalue weighted by molar-refractivity contribution is -0.146. The minimum atomic E-state index is -1.21. The van der Waals surface area contributed by atoms with E-state index in [1.165, 1.54) is 0 Å². The number of carbonyl (C=O) groups excluding carboxylic acids is 1. The standard InChI is InChI=1S/C20H25N3O5/c1-3-14-7-9-20(10-8-14,19(25)26)22-18(24)15-5-4-6-16(11-15)27-12-17-21-13(2)28-23-17/h4-6,11,14H,3,7-10,12H2,1-2H3,(H,22,24)(H,25,26). The predicted molar refractivity (Wildman–Crippen MR) is 99.9 cm³/mol. The smallest absolute Gasteiger partial charge is 0.329 e. The molecule has 1 aromatic heterocycles. The fourth-order valence-electron chi connectivity index (χ4n) is 3.54. The van der Waals surface area contributed by atoms with Gasteiger partial charge in [-0.3, -0.25) is 4.79 Å². The van der Waals surface area contributed by atoms with Crippen molar-refractivity contribution in [1.82, 2.24) is 15.5 Å². The molecule has 0 aliphatic heterocycles. The molecule has 3 rings (SSSR count). The van der Waals surface area contributed by atoms with E-state index >= 15 is 0 Å². The third-order valence-electron chi connectivity index (χ3n) is 5.33. The van der Waals surface area contributed by atoms with Gasteiger partial charge in [-0.05, 0) is 49.8 Å². The van der Waals surface area contributed by atoms with Crippen molar-refractivity contribution in [2.45, 2.75) is 58.1 Å². The molecule has 1 amide bonds. The Balaban J connectivity index is 1.67. The van der Waals surface area contributed by atoms with Gasteiger partial charge in [-0.15, -0.1) is 0 Å². The summed E-state index contributed by atoms with van der Waals surface area (Å²) in [6.07, 6.45) is 3.52. The van der Waals surface area contributed by atoms with E-state index in [1.807, 2.05) is 0 Å². The lowest BCUT2D eigenvalue weighted by Crippen LogP contribution is -2.56. The molecule has 8 nitrogen and oxygen atoms in total. The highest BCUT2D eigenvalue weighted by Gasteiger charge is 2.43. The Bertz CT molecular complexity index is 840. The summed E-state index contributed by atoms with van der Waals surface area (Å²) in [5.74, 6) is 0.450. The highest BCUT2D eigenvalue weighted by Crippen LogP contribution is 2.34. The van der Waals surface area contributed by atoms with Gasteiger partial charge in [-0.25, -0.2) is 4.79 Å². The van der Waals surface area contributed by atoms with Crippen LogP contribution in [0.15, 0.2) is 28.8 Å². The Labute approximate surface area is 163 Å². The molecule has 0 unspecified atom stereocenters. The van der Waals surface area contributed by atoms with E-state index in [-0.39, 0.29) is 6.61 Å². The zero-order chi connectivity index (χ0) is 20.1. The second kappa shape index (κ2) is 8.41. The van der Waals surface area contributed by atoms with Crippen LogP contribution in [0.1, 0.15) is 61.1 Å². The maximum absolute atomic E-state index is 12.7. The maximum atomic E-state index is 12.7. The molecule has 150 valence electrons. The molecule has 0 saturated heterocycles. The minimum absolute atomic E-state index is 0.111. The molecule has 1 saturated carbocycles. The number of carboxylic acids is 1. The van der Waals surface area contributed by atoms with Gasteiger partial charge in [-0.2, -0.15) is 4.98 Å². The van der Waals surface area contributed by atoms with Gasteiger partial charge in [0.05, 0.1) is 0 Å². The number of carbonyl (C=O) groups is 2. The number of hydrogen-bond acceptors (Lipinski definition) is 6. The van der Waals surface area contributed by atoms with Crippen molar-refractivity contribution >= 4 is 11.9 Å². The second-order valence-corrected chi connectivity index (χ2v) is 7.24. The summed E-state index contributed by atoms with van der Waals surface area (Å²) in [6, 6.07) is 6.61. The summed E-state index contributed by atoms with van der Waals surface area (Å²) < 4.78 is 10.5. The SMILES string of the molecule is CCC1CCC(NC(=O)c2cccc(OCc3noc(C)n3)c2)(C(=O)O)CC1. The Morgan fingerprint density at radius 3 is 2.71 bits per heavy atom. The first-order valence-electron chi connectivity index (χ1n) is 9.50. The Kier molecular flexibility index (Phi) is 5.96. The fraction of sp³-hybridized carbons (Fsp3) is 0.500. The summed E-state index contributed by atoms with van der Waals surface area (Å²) in [5, 5.41) is 16.3. The molecule has 0 spiro atoms. The minimum Gasteiger partial charge on any atom is -0.485 e. The average molecular weight is 387 g/mol. The topological polar surface area (TPSA) is 115 Å². The molecule has 1 aliphatic rings. The molecular weight excluding hydrogens is 362 g/mol. The zero-order valence-electron chi connectivity index (χ0n) is 16.1. The molecule has 0 atom stereocenters. The van der Waals surface area contributed by atoms with Gasteiger partial charge in [0.15, 0.2) is 6.61 Å². The van der Waals surface area contributed by atoms with E-state index in [9.17, 15) is 14.7 Å². The molecule has 1 heterocycles. The van der Waals surface area contributed by atoms with E-state index in [2.05, 4.69) is 22.4 Å². The summed E-state index contributed by atoms with van der Waals surface area (Å²) in [4.78, 5) is 28.7. The van der Waals surface area contributed by atoms with Crippen molar-refractivity contribution < 1.29 is 24.0 Å². The van der Waals surface area contributed by atoms with Crippen molar-refractivity contribution in [3.8, 4) is 5.75 Å². The second-order valence-electron chi connectivity index (χ2n) is 7.24. The normalized spacial score (nSPS) is 21.9. The lowest BCUT2D eigenvalue weighted by atomic mass is 9.75. The quantitative estimate of drug-likeness (QED) is 0.750. The van der Waals surface area contributed by atoms with E-state index in [4.69, 9.17) is 9.26 Å². The Morgan fingerprint density at radius 2 is 2.11 bits per heavy atom. The van der Waals surface area contributed by atoms with Crippen LogP contribution in [0.2, 0.25) is 0 Å². The molecule has 8 heteroatoms. The van der Waals surface area contributed by atoms with Crippen LogP contribution in [0.25, 0.3) is 0 Å². The van der Waals surface area contributed by atoms with Crippen molar-refractivity contribution in [3.05, 3.63) is 41.5 Å². The number of aromatic nitrogens is 2. The van der Waals surface area contributed by atoms with Gasteiger partial charge >= 0.3 is 5.97 Å². The monoisotopic (exact) mass is 387 g/mol. The van der Waals surface area contributed by atoms with Crippen LogP contribution >= 0.6 is 0 Å². The maximum Gasteiger partial charge on any atom is 0.329 e. The number of rotatable bonds is 7. The van der Waals surface area contributed by atoms with Gasteiger partial charge in [0.1, 0.15) is 11.3 Å². The molecule has 2 N–H and O–H groups in total. The number of ether oxygens (including phenoxy) is 1. The van der Waals surface area contributed by atoms with Crippen molar-refractivity contribution in [1.29, 1.82) is 0 Å². The van der Waals surface area contributed by atoms with E-state index in [1.54, 1.807) is 31.2 Å². The van der Waals surface area contributed by atoms with Crippen LogP contribution in [0.3, 0.4) is 0 Å². The largest absolute Gasteiger partial charge is 0.485 e. The van der Waals surface area contributed by atoms with Crippen molar-refractivity contribution in [2.24, 2.45) is 5.92 Å². The highest BCUT2D eigenvalue weighted by atomic mass is 16.5. The number of aryl methyl sites for hydroxylation is 1. The molecule has 0 radical (unpaired) electrons. The van der Waals surface area contributed by atoms with Crippen LogP contribution in [0.4, 0.5) is 0 Å². The van der Waals surface area contributed by atoms with Gasteiger partial charge in [0.25, 0.3) is 5.91 Å². The highest BCUT2D eigenvalue weighted by molar-refractivity contribution is 5.98. The van der Waals surface area contributed by atoms with Crippen molar-refractivity contribution in [2.75, 3.05) is 0 Å². The van der Waals surface area contributed by atoms with Gasteiger partial charge < -0.3 is 19.7 Å². The number of carboxylic acid groups (broad SMARTS) is 1.